The van der Waals surface area contributed by atoms with Crippen LogP contribution in [-0.2, 0) is 34.5 Å². The van der Waals surface area contributed by atoms with Crippen molar-refractivity contribution in [1.29, 1.82) is 0 Å². The zero-order valence-electron chi connectivity index (χ0n) is 23.5. The number of hydrogen-bond donors (Lipinski definition) is 0. The molecule has 0 aliphatic carbocycles. The molecule has 0 bridgehead atoms. The van der Waals surface area contributed by atoms with Crippen LogP contribution in [0.4, 0.5) is 54.8 Å². The van der Waals surface area contributed by atoms with Gasteiger partial charge in [0.15, 0.2) is 0 Å². The lowest BCUT2D eigenvalue weighted by molar-refractivity contribution is -0.143. The van der Waals surface area contributed by atoms with Crippen LogP contribution in [0.2, 0.25) is 0 Å². The first-order valence-electron chi connectivity index (χ1n) is 13.1. The average molecular weight is 629 g/mol. The molecular formula is C28H29F9N2O4. The van der Waals surface area contributed by atoms with Gasteiger partial charge in [0.25, 0.3) is 0 Å². The Balaban J connectivity index is 2.25. The summed E-state index contributed by atoms with van der Waals surface area (Å²) in [7, 11) is 0.911. The molecule has 2 amide bonds. The molecule has 43 heavy (non-hydrogen) atoms. The minimum absolute atomic E-state index is 0.0534. The number of carbonyl (C=O) groups excluding carboxylic acids is 2. The van der Waals surface area contributed by atoms with E-state index >= 15 is 0 Å². The van der Waals surface area contributed by atoms with Gasteiger partial charge in [0.2, 0.25) is 0 Å². The number of halogens is 9. The summed E-state index contributed by atoms with van der Waals surface area (Å²) in [6.45, 7) is 4.02. The molecule has 6 nitrogen and oxygen atoms in total. The van der Waals surface area contributed by atoms with E-state index in [1.54, 1.807) is 20.8 Å². The quantitative estimate of drug-likeness (QED) is 0.300. The molecule has 238 valence electrons. The number of alkyl halides is 9. The summed E-state index contributed by atoms with van der Waals surface area (Å²) < 4.78 is 133. The van der Waals surface area contributed by atoms with E-state index < -0.39 is 77.7 Å². The molecule has 1 heterocycles. The maximum absolute atomic E-state index is 13.8. The number of nitrogens with zero attached hydrogens (tertiary/aromatic N) is 2. The predicted molar refractivity (Wildman–Crippen MR) is 136 cm³/mol. The standard InChI is InChI=1S/C28H29F9N2O4/c1-5-6-20-13-23(21-12-17(26(29,30)31)7-8-22(21)39(20)25(41)43-15(2)3)38(24(40)42-4)14-16-9-18(27(32,33)34)11-19(10-16)28(35,36)37/h7-12,15,20,23H,5-6,13-14H2,1-4H3/t20-,23+/m1/s1. The lowest BCUT2D eigenvalue weighted by atomic mass is 9.87. The van der Waals surface area contributed by atoms with Gasteiger partial charge >= 0.3 is 30.7 Å². The van der Waals surface area contributed by atoms with Crippen molar-refractivity contribution in [3.05, 3.63) is 64.2 Å². The molecule has 2 atom stereocenters. The zero-order valence-corrected chi connectivity index (χ0v) is 23.5. The van der Waals surface area contributed by atoms with Crippen LogP contribution >= 0.6 is 0 Å². The third kappa shape index (κ3) is 7.85. The Labute approximate surface area is 241 Å². The Bertz CT molecular complexity index is 1290. The highest BCUT2D eigenvalue weighted by molar-refractivity contribution is 5.90. The number of ether oxygens (including phenoxy) is 2. The number of benzene rings is 2. The first-order valence-corrected chi connectivity index (χ1v) is 13.1. The molecule has 3 rings (SSSR count). The smallest absolute Gasteiger partial charge is 0.416 e. The summed E-state index contributed by atoms with van der Waals surface area (Å²) in [5.74, 6) is 0. The predicted octanol–water partition coefficient (Wildman–Crippen LogP) is 8.98. The molecule has 15 heteroatoms. The number of anilines is 1. The maximum atomic E-state index is 13.8. The summed E-state index contributed by atoms with van der Waals surface area (Å²) >= 11 is 0. The van der Waals surface area contributed by atoms with Crippen molar-refractivity contribution in [3.63, 3.8) is 0 Å². The number of amides is 2. The van der Waals surface area contributed by atoms with Crippen LogP contribution in [0.1, 0.15) is 73.9 Å². The fraction of sp³-hybridized carbons (Fsp3) is 0.500. The second kappa shape index (κ2) is 12.5. The largest absolute Gasteiger partial charge is 0.453 e. The normalized spacial score (nSPS) is 17.5. The van der Waals surface area contributed by atoms with Gasteiger partial charge < -0.3 is 9.47 Å². The van der Waals surface area contributed by atoms with Crippen molar-refractivity contribution in [2.24, 2.45) is 0 Å². The van der Waals surface area contributed by atoms with Gasteiger partial charge in [-0.3, -0.25) is 9.80 Å². The van der Waals surface area contributed by atoms with E-state index in [-0.39, 0.29) is 30.2 Å². The fourth-order valence-electron chi connectivity index (χ4n) is 5.01. The first kappa shape index (κ1) is 33.8. The lowest BCUT2D eigenvalue weighted by Gasteiger charge is -2.44. The molecule has 0 fully saturated rings. The molecule has 1 aliphatic rings. The van der Waals surface area contributed by atoms with Crippen LogP contribution in [0.15, 0.2) is 36.4 Å². The molecule has 0 radical (unpaired) electrons. The first-order chi connectivity index (χ1) is 19.8. The summed E-state index contributed by atoms with van der Waals surface area (Å²) in [6.07, 6.45) is -17.3. The van der Waals surface area contributed by atoms with Gasteiger partial charge in [-0.05, 0) is 74.2 Å². The highest BCUT2D eigenvalue weighted by atomic mass is 19.4. The topological polar surface area (TPSA) is 59.1 Å². The van der Waals surface area contributed by atoms with Crippen LogP contribution in [0.3, 0.4) is 0 Å². The van der Waals surface area contributed by atoms with Gasteiger partial charge in [-0.15, -0.1) is 0 Å². The molecule has 0 unspecified atom stereocenters. The minimum Gasteiger partial charge on any atom is -0.453 e. The van der Waals surface area contributed by atoms with Crippen LogP contribution in [-0.4, -0.2) is 36.3 Å². The number of hydrogen-bond acceptors (Lipinski definition) is 4. The molecule has 0 aromatic heterocycles. The fourth-order valence-corrected chi connectivity index (χ4v) is 5.01. The second-order valence-corrected chi connectivity index (χ2v) is 10.3. The van der Waals surface area contributed by atoms with Gasteiger partial charge in [-0.25, -0.2) is 9.59 Å². The molecule has 0 spiro atoms. The van der Waals surface area contributed by atoms with Crippen molar-refractivity contribution in [2.75, 3.05) is 12.0 Å². The van der Waals surface area contributed by atoms with E-state index in [1.165, 1.54) is 0 Å². The van der Waals surface area contributed by atoms with Gasteiger partial charge in [0.05, 0.1) is 41.6 Å². The molecule has 0 N–H and O–H groups in total. The average Bonchev–Trinajstić information content (AvgIpc) is 2.88. The van der Waals surface area contributed by atoms with E-state index in [9.17, 15) is 49.1 Å². The van der Waals surface area contributed by atoms with Crippen LogP contribution < -0.4 is 4.90 Å². The maximum Gasteiger partial charge on any atom is 0.416 e. The number of methoxy groups -OCH3 is 1. The Kier molecular flexibility index (Phi) is 9.86. The molecule has 0 saturated carbocycles. The third-order valence-corrected chi connectivity index (χ3v) is 6.77. The molecular weight excluding hydrogens is 599 g/mol. The van der Waals surface area contributed by atoms with E-state index in [0.717, 1.165) is 29.0 Å². The second-order valence-electron chi connectivity index (χ2n) is 10.3. The highest BCUT2D eigenvalue weighted by Crippen LogP contribution is 2.46. The molecule has 0 saturated heterocycles. The number of rotatable bonds is 6. The van der Waals surface area contributed by atoms with Gasteiger partial charge in [0, 0.05) is 12.6 Å². The highest BCUT2D eigenvalue weighted by Gasteiger charge is 2.43. The Morgan fingerprint density at radius 2 is 1.47 bits per heavy atom. The summed E-state index contributed by atoms with van der Waals surface area (Å²) in [5.41, 5.74) is -5.26. The van der Waals surface area contributed by atoms with Crippen LogP contribution in [0.25, 0.3) is 0 Å². The minimum atomic E-state index is -5.17. The number of fused-ring (bicyclic) bond motifs is 1. The summed E-state index contributed by atoms with van der Waals surface area (Å²) in [6, 6.07) is 1.13. The van der Waals surface area contributed by atoms with E-state index in [2.05, 4.69) is 0 Å². The summed E-state index contributed by atoms with van der Waals surface area (Å²) in [5, 5.41) is 0. The Morgan fingerprint density at radius 3 is 1.93 bits per heavy atom. The van der Waals surface area contributed by atoms with E-state index in [4.69, 9.17) is 9.47 Å². The van der Waals surface area contributed by atoms with Gasteiger partial charge in [0.1, 0.15) is 0 Å². The SMILES string of the molecule is CCC[C@@H]1C[C@H](N(Cc2cc(C(F)(F)F)cc(C(F)(F)F)c2)C(=O)OC)c2cc(C(F)(F)F)ccc2N1C(=O)OC(C)C. The molecule has 1 aliphatic heterocycles. The van der Waals surface area contributed by atoms with Crippen LogP contribution in [0.5, 0.6) is 0 Å². The Morgan fingerprint density at radius 1 is 0.907 bits per heavy atom. The van der Waals surface area contributed by atoms with E-state index in [0.29, 0.717) is 24.6 Å². The van der Waals surface area contributed by atoms with Gasteiger partial charge in [-0.2, -0.15) is 39.5 Å². The van der Waals surface area contributed by atoms with Crippen LogP contribution in [0, 0.1) is 0 Å². The van der Waals surface area contributed by atoms with Crippen molar-refractivity contribution in [2.45, 2.75) is 83.3 Å². The van der Waals surface area contributed by atoms with Crippen molar-refractivity contribution >= 4 is 17.9 Å². The third-order valence-electron chi connectivity index (χ3n) is 6.77. The lowest BCUT2D eigenvalue weighted by Crippen LogP contribution is -2.49. The van der Waals surface area contributed by atoms with Crippen molar-refractivity contribution < 1.29 is 58.6 Å². The van der Waals surface area contributed by atoms with Crippen molar-refractivity contribution in [1.82, 2.24) is 4.90 Å². The van der Waals surface area contributed by atoms with E-state index in [1.807, 2.05) is 0 Å². The molecule has 2 aromatic rings. The molecule has 2 aromatic carbocycles. The number of carbonyl (C=O) groups is 2. The van der Waals surface area contributed by atoms with Gasteiger partial charge in [-0.1, -0.05) is 13.3 Å². The summed E-state index contributed by atoms with van der Waals surface area (Å²) in [4.78, 5) is 28.1. The Hall–Kier alpha value is -3.65. The zero-order chi connectivity index (χ0) is 32.5. The van der Waals surface area contributed by atoms with Crippen molar-refractivity contribution in [3.8, 4) is 0 Å². The monoisotopic (exact) mass is 628 g/mol.